The quantitative estimate of drug-likeness (QED) is 0.899. The number of nitrogens with one attached hydrogen (secondary N) is 1. The van der Waals surface area contributed by atoms with Crippen LogP contribution in [0.15, 0.2) is 28.7 Å². The summed E-state index contributed by atoms with van der Waals surface area (Å²) in [5.41, 5.74) is 1.36. The van der Waals surface area contributed by atoms with Crippen molar-refractivity contribution in [3.8, 4) is 0 Å². The van der Waals surface area contributed by atoms with Crippen LogP contribution >= 0.6 is 15.9 Å². The van der Waals surface area contributed by atoms with Gasteiger partial charge in [-0.2, -0.15) is 0 Å². The van der Waals surface area contributed by atoms with E-state index in [2.05, 4.69) is 57.3 Å². The van der Waals surface area contributed by atoms with Gasteiger partial charge in [0.05, 0.1) is 0 Å². The molecule has 17 heavy (non-hydrogen) atoms. The number of benzene rings is 1. The molecular weight excluding hydrogens is 276 g/mol. The van der Waals surface area contributed by atoms with E-state index in [4.69, 9.17) is 0 Å². The van der Waals surface area contributed by atoms with Crippen molar-refractivity contribution in [3.05, 3.63) is 34.3 Å². The maximum absolute atomic E-state index is 3.57. The van der Waals surface area contributed by atoms with Crippen molar-refractivity contribution in [2.24, 2.45) is 5.92 Å². The molecule has 1 atom stereocenters. The summed E-state index contributed by atoms with van der Waals surface area (Å²) in [6.07, 6.45) is 1.35. The largest absolute Gasteiger partial charge is 0.312 e. The molecule has 1 unspecified atom stereocenters. The Labute approximate surface area is 113 Å². The summed E-state index contributed by atoms with van der Waals surface area (Å²) in [6.45, 7) is 8.12. The second-order valence-corrected chi connectivity index (χ2v) is 5.72. The minimum atomic E-state index is 0.838. The molecule has 1 fully saturated rings. The highest BCUT2D eigenvalue weighted by atomic mass is 79.9. The van der Waals surface area contributed by atoms with E-state index in [1.54, 1.807) is 0 Å². The number of nitrogens with zero attached hydrogens (tertiary/aromatic N) is 1. The molecule has 1 N–H and O–H groups in total. The van der Waals surface area contributed by atoms with E-state index in [0.717, 1.165) is 23.5 Å². The zero-order valence-corrected chi connectivity index (χ0v) is 12.0. The van der Waals surface area contributed by atoms with Gasteiger partial charge in [0.1, 0.15) is 0 Å². The first kappa shape index (κ1) is 13.1. The van der Waals surface area contributed by atoms with Crippen molar-refractivity contribution in [3.63, 3.8) is 0 Å². The van der Waals surface area contributed by atoms with Crippen LogP contribution in [0.2, 0.25) is 0 Å². The Hall–Kier alpha value is -0.380. The van der Waals surface area contributed by atoms with Crippen molar-refractivity contribution in [2.75, 3.05) is 26.2 Å². The highest BCUT2D eigenvalue weighted by Gasteiger charge is 2.20. The second kappa shape index (κ2) is 6.53. The summed E-state index contributed by atoms with van der Waals surface area (Å²) in [5.74, 6) is 0.838. The summed E-state index contributed by atoms with van der Waals surface area (Å²) < 4.78 is 1.15. The van der Waals surface area contributed by atoms with Crippen LogP contribution in [0.3, 0.4) is 0 Å². The molecule has 0 aliphatic carbocycles. The van der Waals surface area contributed by atoms with Crippen LogP contribution in [0.1, 0.15) is 18.9 Å². The monoisotopic (exact) mass is 296 g/mol. The molecule has 1 saturated heterocycles. The Bertz CT molecular complexity index is 337. The van der Waals surface area contributed by atoms with Crippen molar-refractivity contribution < 1.29 is 0 Å². The minimum Gasteiger partial charge on any atom is -0.312 e. The van der Waals surface area contributed by atoms with Gasteiger partial charge in [-0.1, -0.05) is 35.0 Å². The topological polar surface area (TPSA) is 15.3 Å². The van der Waals surface area contributed by atoms with Gasteiger partial charge in [0.15, 0.2) is 0 Å². The lowest BCUT2D eigenvalue weighted by molar-refractivity contribution is 0.339. The van der Waals surface area contributed by atoms with E-state index >= 15 is 0 Å². The van der Waals surface area contributed by atoms with Gasteiger partial charge in [0.25, 0.3) is 0 Å². The van der Waals surface area contributed by atoms with E-state index in [0.29, 0.717) is 0 Å². The Morgan fingerprint density at radius 2 is 2.12 bits per heavy atom. The van der Waals surface area contributed by atoms with Crippen molar-refractivity contribution in [1.82, 2.24) is 10.2 Å². The molecule has 3 heteroatoms. The van der Waals surface area contributed by atoms with Crippen molar-refractivity contribution in [1.29, 1.82) is 0 Å². The Morgan fingerprint density at radius 3 is 2.76 bits per heavy atom. The first-order chi connectivity index (χ1) is 8.28. The fourth-order valence-electron chi connectivity index (χ4n) is 2.39. The third kappa shape index (κ3) is 4.09. The van der Waals surface area contributed by atoms with Crippen LogP contribution in [0.4, 0.5) is 0 Å². The van der Waals surface area contributed by atoms with E-state index in [1.807, 2.05) is 0 Å². The molecule has 1 heterocycles. The summed E-state index contributed by atoms with van der Waals surface area (Å²) in [4.78, 5) is 2.53. The van der Waals surface area contributed by atoms with Crippen LogP contribution in [-0.4, -0.2) is 31.1 Å². The molecule has 0 saturated carbocycles. The standard InChI is InChI=1S/C14H21BrN2/c1-2-17-8-7-13(11-17)10-16-9-12-3-5-14(15)6-4-12/h3-6,13,16H,2,7-11H2,1H3. The first-order valence-electron chi connectivity index (χ1n) is 6.45. The van der Waals surface area contributed by atoms with E-state index in [9.17, 15) is 0 Å². The van der Waals surface area contributed by atoms with Gasteiger partial charge >= 0.3 is 0 Å². The van der Waals surface area contributed by atoms with Crippen molar-refractivity contribution >= 4 is 15.9 Å². The lowest BCUT2D eigenvalue weighted by atomic mass is 10.1. The Morgan fingerprint density at radius 1 is 1.35 bits per heavy atom. The molecule has 0 bridgehead atoms. The van der Waals surface area contributed by atoms with Crippen LogP contribution in [-0.2, 0) is 6.54 Å². The van der Waals surface area contributed by atoms with Gasteiger partial charge in [-0.05, 0) is 49.7 Å². The second-order valence-electron chi connectivity index (χ2n) is 4.81. The SMILES string of the molecule is CCN1CCC(CNCc2ccc(Br)cc2)C1. The summed E-state index contributed by atoms with van der Waals surface area (Å²) in [5, 5.41) is 3.57. The predicted molar refractivity (Wildman–Crippen MR) is 76.1 cm³/mol. The molecule has 1 aromatic carbocycles. The lowest BCUT2D eigenvalue weighted by Gasteiger charge is -2.13. The fourth-order valence-corrected chi connectivity index (χ4v) is 2.65. The molecule has 0 radical (unpaired) electrons. The summed E-state index contributed by atoms with van der Waals surface area (Å²) >= 11 is 3.46. The molecular formula is C14H21BrN2. The van der Waals surface area contributed by atoms with Gasteiger partial charge < -0.3 is 10.2 Å². The zero-order chi connectivity index (χ0) is 12.1. The highest BCUT2D eigenvalue weighted by Crippen LogP contribution is 2.15. The molecule has 1 aliphatic heterocycles. The van der Waals surface area contributed by atoms with Gasteiger partial charge in [0, 0.05) is 17.6 Å². The van der Waals surface area contributed by atoms with Crippen LogP contribution in [0, 0.1) is 5.92 Å². The van der Waals surface area contributed by atoms with E-state index in [-0.39, 0.29) is 0 Å². The van der Waals surface area contributed by atoms with Crippen LogP contribution in [0.25, 0.3) is 0 Å². The molecule has 0 amide bonds. The third-order valence-corrected chi connectivity index (χ3v) is 4.02. The van der Waals surface area contributed by atoms with Crippen LogP contribution in [0.5, 0.6) is 0 Å². The smallest absolute Gasteiger partial charge is 0.0205 e. The van der Waals surface area contributed by atoms with E-state index < -0.39 is 0 Å². The lowest BCUT2D eigenvalue weighted by Crippen LogP contribution is -2.26. The molecule has 1 aromatic rings. The Balaban J connectivity index is 1.68. The number of halogens is 1. The number of hydrogen-bond acceptors (Lipinski definition) is 2. The van der Waals surface area contributed by atoms with Gasteiger partial charge in [-0.15, -0.1) is 0 Å². The van der Waals surface area contributed by atoms with E-state index in [1.165, 1.54) is 31.6 Å². The fraction of sp³-hybridized carbons (Fsp3) is 0.571. The van der Waals surface area contributed by atoms with Crippen LogP contribution < -0.4 is 5.32 Å². The van der Waals surface area contributed by atoms with Gasteiger partial charge in [0.2, 0.25) is 0 Å². The molecule has 1 aliphatic rings. The third-order valence-electron chi connectivity index (χ3n) is 3.49. The average molecular weight is 297 g/mol. The molecule has 2 rings (SSSR count). The predicted octanol–water partition coefficient (Wildman–Crippen LogP) is 2.88. The summed E-state index contributed by atoms with van der Waals surface area (Å²) in [6, 6.07) is 8.55. The maximum atomic E-state index is 3.57. The number of likely N-dealkylation sites (tertiary alicyclic amines) is 1. The average Bonchev–Trinajstić information content (AvgIpc) is 2.80. The summed E-state index contributed by atoms with van der Waals surface area (Å²) in [7, 11) is 0. The Kier molecular flexibility index (Phi) is 5.01. The minimum absolute atomic E-state index is 0.838. The zero-order valence-electron chi connectivity index (χ0n) is 10.5. The molecule has 94 valence electrons. The van der Waals surface area contributed by atoms with Crippen molar-refractivity contribution in [2.45, 2.75) is 19.9 Å². The normalized spacial score (nSPS) is 20.9. The first-order valence-corrected chi connectivity index (χ1v) is 7.24. The molecule has 0 spiro atoms. The van der Waals surface area contributed by atoms with Gasteiger partial charge in [-0.3, -0.25) is 0 Å². The van der Waals surface area contributed by atoms with Gasteiger partial charge in [-0.25, -0.2) is 0 Å². The maximum Gasteiger partial charge on any atom is 0.0205 e. The molecule has 2 nitrogen and oxygen atoms in total. The number of hydrogen-bond donors (Lipinski definition) is 1. The molecule has 0 aromatic heterocycles. The number of rotatable bonds is 5. The highest BCUT2D eigenvalue weighted by molar-refractivity contribution is 9.10.